The van der Waals surface area contributed by atoms with Crippen molar-refractivity contribution in [1.82, 2.24) is 0 Å². The van der Waals surface area contributed by atoms with Crippen LogP contribution in [0.5, 0.6) is 0 Å². The first-order chi connectivity index (χ1) is 10.4. The highest BCUT2D eigenvalue weighted by Crippen LogP contribution is 2.20. The summed E-state index contributed by atoms with van der Waals surface area (Å²) in [6.07, 6.45) is 0. The van der Waals surface area contributed by atoms with Crippen LogP contribution in [0.4, 0.5) is 24.5 Å². The predicted molar refractivity (Wildman–Crippen MR) is 79.4 cm³/mol. The normalized spacial score (nSPS) is 10.4. The van der Waals surface area contributed by atoms with Crippen LogP contribution >= 0.6 is 0 Å². The zero-order chi connectivity index (χ0) is 16.3. The molecule has 0 fully saturated rings. The van der Waals surface area contributed by atoms with Crippen LogP contribution in [0.25, 0.3) is 0 Å². The van der Waals surface area contributed by atoms with Crippen molar-refractivity contribution >= 4 is 17.3 Å². The van der Waals surface area contributed by atoms with E-state index in [0.29, 0.717) is 5.69 Å². The number of rotatable bonds is 4. The van der Waals surface area contributed by atoms with E-state index in [0.717, 1.165) is 23.3 Å². The lowest BCUT2D eigenvalue weighted by molar-refractivity contribution is -0.114. The van der Waals surface area contributed by atoms with Crippen molar-refractivity contribution in [3.05, 3.63) is 58.9 Å². The van der Waals surface area contributed by atoms with Gasteiger partial charge in [0.1, 0.15) is 0 Å². The van der Waals surface area contributed by atoms with E-state index < -0.39 is 23.4 Å². The maximum absolute atomic E-state index is 13.4. The minimum absolute atomic E-state index is 0.269. The third kappa shape index (κ3) is 3.58. The SMILES string of the molecule is Cc1ccc(NC(=O)CNc2ccc(F)c(F)c2F)c(C)c1. The van der Waals surface area contributed by atoms with E-state index in [1.165, 1.54) is 0 Å². The Morgan fingerprint density at radius 3 is 2.36 bits per heavy atom. The molecular weight excluding hydrogens is 293 g/mol. The van der Waals surface area contributed by atoms with E-state index in [9.17, 15) is 18.0 Å². The summed E-state index contributed by atoms with van der Waals surface area (Å²) in [4.78, 5) is 11.8. The fourth-order valence-corrected chi connectivity index (χ4v) is 1.99. The summed E-state index contributed by atoms with van der Waals surface area (Å²) in [6, 6.07) is 7.37. The summed E-state index contributed by atoms with van der Waals surface area (Å²) in [5.41, 5.74) is 2.34. The number of hydrogen-bond acceptors (Lipinski definition) is 2. The third-order valence-corrected chi connectivity index (χ3v) is 3.13. The van der Waals surface area contributed by atoms with Crippen molar-refractivity contribution in [2.24, 2.45) is 0 Å². The van der Waals surface area contributed by atoms with Gasteiger partial charge in [0.05, 0.1) is 12.2 Å². The summed E-state index contributed by atoms with van der Waals surface area (Å²) < 4.78 is 39.3. The fraction of sp³-hybridized carbons (Fsp3) is 0.188. The lowest BCUT2D eigenvalue weighted by Crippen LogP contribution is -2.22. The van der Waals surface area contributed by atoms with Crippen LogP contribution in [0.2, 0.25) is 0 Å². The first-order valence-corrected chi connectivity index (χ1v) is 6.63. The standard InChI is InChI=1S/C16H15F3N2O/c1-9-3-5-12(10(2)7-9)21-14(22)8-20-13-6-4-11(17)15(18)16(13)19/h3-7,20H,8H2,1-2H3,(H,21,22). The van der Waals surface area contributed by atoms with Gasteiger partial charge in [-0.2, -0.15) is 0 Å². The summed E-state index contributed by atoms with van der Waals surface area (Å²) in [5.74, 6) is -4.61. The molecule has 1 amide bonds. The smallest absolute Gasteiger partial charge is 0.243 e. The number of hydrogen-bond donors (Lipinski definition) is 2. The molecule has 2 rings (SSSR count). The molecule has 2 aromatic carbocycles. The minimum Gasteiger partial charge on any atom is -0.374 e. The van der Waals surface area contributed by atoms with Gasteiger partial charge in [0, 0.05) is 5.69 Å². The molecule has 0 aliphatic rings. The molecule has 0 saturated carbocycles. The molecule has 0 bridgehead atoms. The molecular formula is C16H15F3N2O. The molecule has 0 aliphatic carbocycles. The second-order valence-electron chi connectivity index (χ2n) is 4.94. The van der Waals surface area contributed by atoms with Crippen LogP contribution < -0.4 is 10.6 Å². The second-order valence-corrected chi connectivity index (χ2v) is 4.94. The van der Waals surface area contributed by atoms with Crippen LogP contribution in [-0.4, -0.2) is 12.5 Å². The Kier molecular flexibility index (Phi) is 4.70. The molecule has 0 atom stereocenters. The molecule has 0 saturated heterocycles. The molecule has 0 spiro atoms. The van der Waals surface area contributed by atoms with E-state index in [-0.39, 0.29) is 12.2 Å². The Morgan fingerprint density at radius 2 is 1.68 bits per heavy atom. The Labute approximate surface area is 126 Å². The molecule has 2 N–H and O–H groups in total. The summed E-state index contributed by atoms with van der Waals surface area (Å²) >= 11 is 0. The van der Waals surface area contributed by atoms with E-state index >= 15 is 0 Å². The molecule has 0 aromatic heterocycles. The van der Waals surface area contributed by atoms with Gasteiger partial charge in [-0.1, -0.05) is 17.7 Å². The van der Waals surface area contributed by atoms with Crippen LogP contribution in [0.3, 0.4) is 0 Å². The highest BCUT2D eigenvalue weighted by atomic mass is 19.2. The first-order valence-electron chi connectivity index (χ1n) is 6.63. The number of carbonyl (C=O) groups excluding carboxylic acids is 1. The van der Waals surface area contributed by atoms with Crippen LogP contribution in [0.1, 0.15) is 11.1 Å². The van der Waals surface area contributed by atoms with Crippen molar-refractivity contribution in [2.45, 2.75) is 13.8 Å². The maximum atomic E-state index is 13.4. The van der Waals surface area contributed by atoms with Gasteiger partial charge in [0.25, 0.3) is 0 Å². The zero-order valence-corrected chi connectivity index (χ0v) is 12.1. The summed E-state index contributed by atoms with van der Waals surface area (Å²) in [6.45, 7) is 3.52. The maximum Gasteiger partial charge on any atom is 0.243 e. The Hall–Kier alpha value is -2.50. The average molecular weight is 308 g/mol. The first kappa shape index (κ1) is 15.9. The molecule has 0 aliphatic heterocycles. The Morgan fingerprint density at radius 1 is 1.00 bits per heavy atom. The average Bonchev–Trinajstić information content (AvgIpc) is 2.47. The van der Waals surface area contributed by atoms with Gasteiger partial charge < -0.3 is 10.6 Å². The van der Waals surface area contributed by atoms with Crippen molar-refractivity contribution in [2.75, 3.05) is 17.2 Å². The molecule has 22 heavy (non-hydrogen) atoms. The quantitative estimate of drug-likeness (QED) is 0.844. The number of halogens is 3. The van der Waals surface area contributed by atoms with E-state index in [2.05, 4.69) is 10.6 Å². The number of anilines is 2. The topological polar surface area (TPSA) is 41.1 Å². The minimum atomic E-state index is -1.57. The van der Waals surface area contributed by atoms with Gasteiger partial charge in [0.2, 0.25) is 5.91 Å². The van der Waals surface area contributed by atoms with Gasteiger partial charge >= 0.3 is 0 Å². The molecule has 6 heteroatoms. The predicted octanol–water partition coefficient (Wildman–Crippen LogP) is 3.77. The van der Waals surface area contributed by atoms with Crippen LogP contribution in [-0.2, 0) is 4.79 Å². The molecule has 0 heterocycles. The summed E-state index contributed by atoms with van der Waals surface area (Å²) in [7, 11) is 0. The number of nitrogens with one attached hydrogen (secondary N) is 2. The Bertz CT molecular complexity index is 717. The summed E-state index contributed by atoms with van der Waals surface area (Å²) in [5, 5.41) is 5.10. The zero-order valence-electron chi connectivity index (χ0n) is 12.1. The van der Waals surface area contributed by atoms with Gasteiger partial charge in [0.15, 0.2) is 17.5 Å². The highest BCUT2D eigenvalue weighted by molar-refractivity contribution is 5.94. The van der Waals surface area contributed by atoms with Gasteiger partial charge in [-0.15, -0.1) is 0 Å². The van der Waals surface area contributed by atoms with Crippen LogP contribution in [0, 0.1) is 31.3 Å². The van der Waals surface area contributed by atoms with Crippen molar-refractivity contribution in [3.8, 4) is 0 Å². The van der Waals surface area contributed by atoms with Crippen molar-refractivity contribution < 1.29 is 18.0 Å². The lowest BCUT2D eigenvalue weighted by Gasteiger charge is -2.11. The monoisotopic (exact) mass is 308 g/mol. The molecule has 3 nitrogen and oxygen atoms in total. The van der Waals surface area contributed by atoms with Crippen molar-refractivity contribution in [1.29, 1.82) is 0 Å². The molecule has 116 valence electrons. The molecule has 0 radical (unpaired) electrons. The molecule has 2 aromatic rings. The van der Waals surface area contributed by atoms with E-state index in [1.54, 1.807) is 6.07 Å². The van der Waals surface area contributed by atoms with E-state index in [4.69, 9.17) is 0 Å². The third-order valence-electron chi connectivity index (χ3n) is 3.13. The largest absolute Gasteiger partial charge is 0.374 e. The highest BCUT2D eigenvalue weighted by Gasteiger charge is 2.14. The van der Waals surface area contributed by atoms with Crippen molar-refractivity contribution in [3.63, 3.8) is 0 Å². The fourth-order valence-electron chi connectivity index (χ4n) is 1.99. The van der Waals surface area contributed by atoms with Gasteiger partial charge in [-0.25, -0.2) is 13.2 Å². The number of carbonyl (C=O) groups is 1. The number of aryl methyl sites for hydroxylation is 2. The number of amides is 1. The Balaban J connectivity index is 2.00. The second kappa shape index (κ2) is 6.51. The van der Waals surface area contributed by atoms with E-state index in [1.807, 2.05) is 26.0 Å². The van der Waals surface area contributed by atoms with Gasteiger partial charge in [-0.3, -0.25) is 4.79 Å². The van der Waals surface area contributed by atoms with Gasteiger partial charge in [-0.05, 0) is 37.6 Å². The lowest BCUT2D eigenvalue weighted by atomic mass is 10.1. The number of benzene rings is 2. The van der Waals surface area contributed by atoms with Crippen LogP contribution in [0.15, 0.2) is 30.3 Å². The molecule has 0 unspecified atom stereocenters.